The van der Waals surface area contributed by atoms with Gasteiger partial charge >= 0.3 is 0 Å². The van der Waals surface area contributed by atoms with E-state index in [9.17, 15) is 14.9 Å². The minimum absolute atomic E-state index is 0.0726. The van der Waals surface area contributed by atoms with E-state index in [1.807, 2.05) is 6.07 Å². The minimum Gasteiger partial charge on any atom is -0.369 e. The Labute approximate surface area is 117 Å². The van der Waals surface area contributed by atoms with Gasteiger partial charge in [0.05, 0.1) is 4.92 Å². The van der Waals surface area contributed by atoms with Crippen molar-refractivity contribution in [1.82, 2.24) is 4.90 Å². The fourth-order valence-electron chi connectivity index (χ4n) is 2.23. The molecule has 1 aromatic carbocycles. The number of hydrogen-bond acceptors (Lipinski definition) is 5. The van der Waals surface area contributed by atoms with Crippen molar-refractivity contribution < 1.29 is 9.72 Å². The van der Waals surface area contributed by atoms with Crippen LogP contribution >= 0.6 is 0 Å². The van der Waals surface area contributed by atoms with Crippen LogP contribution in [0.5, 0.6) is 0 Å². The molecule has 0 bridgehead atoms. The standard InChI is InChI=1S/C13H18N4O3/c1-10(18)14-12-4-3-11(9-13(12)17(19)20)16-7-5-15(2)6-8-16/h3-4,9H,5-8H2,1-2H3,(H,14,18). The van der Waals surface area contributed by atoms with Crippen LogP contribution in [0.4, 0.5) is 17.1 Å². The Morgan fingerprint density at radius 3 is 2.50 bits per heavy atom. The van der Waals surface area contributed by atoms with Crippen molar-refractivity contribution in [3.8, 4) is 0 Å². The average Bonchev–Trinajstić information content (AvgIpc) is 2.39. The molecule has 7 heteroatoms. The van der Waals surface area contributed by atoms with Crippen molar-refractivity contribution in [2.75, 3.05) is 43.4 Å². The monoisotopic (exact) mass is 278 g/mol. The summed E-state index contributed by atoms with van der Waals surface area (Å²) in [7, 11) is 2.06. The SMILES string of the molecule is CC(=O)Nc1ccc(N2CCN(C)CC2)cc1[N+](=O)[O-]. The summed E-state index contributed by atoms with van der Waals surface area (Å²) in [5, 5.41) is 13.6. The van der Waals surface area contributed by atoms with Gasteiger partial charge in [-0.15, -0.1) is 0 Å². The van der Waals surface area contributed by atoms with Gasteiger partial charge in [0.15, 0.2) is 0 Å². The van der Waals surface area contributed by atoms with Crippen molar-refractivity contribution >= 4 is 23.0 Å². The van der Waals surface area contributed by atoms with Crippen LogP contribution in [0.15, 0.2) is 18.2 Å². The molecule has 0 aromatic heterocycles. The molecule has 1 saturated heterocycles. The van der Waals surface area contributed by atoms with Crippen molar-refractivity contribution in [1.29, 1.82) is 0 Å². The number of piperazine rings is 1. The zero-order valence-corrected chi connectivity index (χ0v) is 11.6. The maximum atomic E-state index is 11.1. The second-order valence-corrected chi connectivity index (χ2v) is 4.93. The number of carbonyl (C=O) groups excluding carboxylic acids is 1. The van der Waals surface area contributed by atoms with Gasteiger partial charge in [-0.25, -0.2) is 0 Å². The number of likely N-dealkylation sites (N-methyl/N-ethyl adjacent to an activating group) is 1. The van der Waals surface area contributed by atoms with Gasteiger partial charge in [-0.2, -0.15) is 0 Å². The van der Waals surface area contributed by atoms with E-state index in [2.05, 4.69) is 22.2 Å². The van der Waals surface area contributed by atoms with Gasteiger partial charge in [0.1, 0.15) is 5.69 Å². The number of rotatable bonds is 3. The first-order valence-electron chi connectivity index (χ1n) is 6.47. The molecule has 1 aromatic rings. The van der Waals surface area contributed by atoms with Crippen LogP contribution in [-0.2, 0) is 4.79 Å². The molecule has 2 rings (SSSR count). The molecular weight excluding hydrogens is 260 g/mol. The van der Waals surface area contributed by atoms with Gasteiger partial charge in [0.2, 0.25) is 5.91 Å². The van der Waals surface area contributed by atoms with E-state index in [4.69, 9.17) is 0 Å². The summed E-state index contributed by atoms with van der Waals surface area (Å²) in [5.41, 5.74) is 0.982. The van der Waals surface area contributed by atoms with E-state index in [0.29, 0.717) is 0 Å². The Morgan fingerprint density at radius 1 is 1.30 bits per heavy atom. The number of nitro groups is 1. The van der Waals surface area contributed by atoms with Gasteiger partial charge in [0.25, 0.3) is 5.69 Å². The molecule has 0 unspecified atom stereocenters. The van der Waals surface area contributed by atoms with Gasteiger partial charge in [-0.05, 0) is 19.2 Å². The molecule has 108 valence electrons. The quantitative estimate of drug-likeness (QED) is 0.666. The van der Waals surface area contributed by atoms with Crippen molar-refractivity contribution in [3.05, 3.63) is 28.3 Å². The van der Waals surface area contributed by atoms with Crippen LogP contribution in [0.3, 0.4) is 0 Å². The van der Waals surface area contributed by atoms with Crippen LogP contribution in [0, 0.1) is 10.1 Å². The molecule has 20 heavy (non-hydrogen) atoms. The second-order valence-electron chi connectivity index (χ2n) is 4.93. The summed E-state index contributed by atoms with van der Waals surface area (Å²) in [6.07, 6.45) is 0. The summed E-state index contributed by atoms with van der Waals surface area (Å²) >= 11 is 0. The topological polar surface area (TPSA) is 78.7 Å². The van der Waals surface area contributed by atoms with Gasteiger partial charge < -0.3 is 15.1 Å². The Kier molecular flexibility index (Phi) is 4.19. The summed E-state index contributed by atoms with van der Waals surface area (Å²) in [6, 6.07) is 4.92. The average molecular weight is 278 g/mol. The zero-order chi connectivity index (χ0) is 14.7. The predicted octanol–water partition coefficient (Wildman–Crippen LogP) is 1.30. The fraction of sp³-hybridized carbons (Fsp3) is 0.462. The summed E-state index contributed by atoms with van der Waals surface area (Å²) in [6.45, 7) is 4.88. The molecule has 1 fully saturated rings. The van der Waals surface area contributed by atoms with E-state index in [1.54, 1.807) is 6.07 Å². The molecule has 0 atom stereocenters. The third kappa shape index (κ3) is 3.24. The Bertz CT molecular complexity index is 524. The molecule has 1 aliphatic heterocycles. The second kappa shape index (κ2) is 5.87. The van der Waals surface area contributed by atoms with Crippen molar-refractivity contribution in [3.63, 3.8) is 0 Å². The number of hydrogen-bond donors (Lipinski definition) is 1. The lowest BCUT2D eigenvalue weighted by atomic mass is 10.2. The highest BCUT2D eigenvalue weighted by Gasteiger charge is 2.20. The first-order chi connectivity index (χ1) is 9.47. The molecular formula is C13H18N4O3. The van der Waals surface area contributed by atoms with E-state index in [1.165, 1.54) is 13.0 Å². The molecule has 0 radical (unpaired) electrons. The lowest BCUT2D eigenvalue weighted by molar-refractivity contribution is -0.383. The van der Waals surface area contributed by atoms with Crippen LogP contribution < -0.4 is 10.2 Å². The number of carbonyl (C=O) groups is 1. The Morgan fingerprint density at radius 2 is 1.95 bits per heavy atom. The third-order valence-electron chi connectivity index (χ3n) is 3.36. The van der Waals surface area contributed by atoms with Crippen LogP contribution in [0.25, 0.3) is 0 Å². The maximum absolute atomic E-state index is 11.1. The molecule has 1 aliphatic rings. The maximum Gasteiger partial charge on any atom is 0.294 e. The lowest BCUT2D eigenvalue weighted by Gasteiger charge is -2.34. The van der Waals surface area contributed by atoms with Crippen LogP contribution in [-0.4, -0.2) is 49.0 Å². The molecule has 7 nitrogen and oxygen atoms in total. The molecule has 1 N–H and O–H groups in total. The van der Waals surface area contributed by atoms with E-state index in [0.717, 1.165) is 31.9 Å². The minimum atomic E-state index is -0.467. The lowest BCUT2D eigenvalue weighted by Crippen LogP contribution is -2.44. The molecule has 0 spiro atoms. The van der Waals surface area contributed by atoms with Gasteiger partial charge in [0, 0.05) is 44.9 Å². The first-order valence-corrected chi connectivity index (χ1v) is 6.47. The number of anilines is 2. The van der Waals surface area contributed by atoms with Crippen LogP contribution in [0.1, 0.15) is 6.92 Å². The van der Waals surface area contributed by atoms with E-state index >= 15 is 0 Å². The Hall–Kier alpha value is -2.15. The number of nitrogens with one attached hydrogen (secondary N) is 1. The molecule has 0 saturated carbocycles. The van der Waals surface area contributed by atoms with Gasteiger partial charge in [-0.1, -0.05) is 0 Å². The van der Waals surface area contributed by atoms with Gasteiger partial charge in [-0.3, -0.25) is 14.9 Å². The number of amides is 1. The first kappa shape index (κ1) is 14.3. The van der Waals surface area contributed by atoms with E-state index < -0.39 is 4.92 Å². The van der Waals surface area contributed by atoms with Crippen LogP contribution in [0.2, 0.25) is 0 Å². The van der Waals surface area contributed by atoms with Crippen molar-refractivity contribution in [2.45, 2.75) is 6.92 Å². The predicted molar refractivity (Wildman–Crippen MR) is 77.1 cm³/mol. The normalized spacial score (nSPS) is 16.0. The molecule has 1 amide bonds. The number of nitrogens with zero attached hydrogens (tertiary/aromatic N) is 3. The number of nitro benzene ring substituents is 1. The summed E-state index contributed by atoms with van der Waals surface area (Å²) in [4.78, 5) is 26.0. The smallest absolute Gasteiger partial charge is 0.294 e. The largest absolute Gasteiger partial charge is 0.369 e. The third-order valence-corrected chi connectivity index (χ3v) is 3.36. The summed E-state index contributed by atoms with van der Waals surface area (Å²) < 4.78 is 0. The number of benzene rings is 1. The zero-order valence-electron chi connectivity index (χ0n) is 11.6. The highest BCUT2D eigenvalue weighted by molar-refractivity contribution is 5.91. The molecule has 0 aliphatic carbocycles. The van der Waals surface area contributed by atoms with E-state index in [-0.39, 0.29) is 17.3 Å². The highest BCUT2D eigenvalue weighted by Crippen LogP contribution is 2.30. The molecule has 1 heterocycles. The summed E-state index contributed by atoms with van der Waals surface area (Å²) in [5.74, 6) is -0.319. The van der Waals surface area contributed by atoms with Crippen molar-refractivity contribution in [2.24, 2.45) is 0 Å². The fourth-order valence-corrected chi connectivity index (χ4v) is 2.23. The highest BCUT2D eigenvalue weighted by atomic mass is 16.6. The Balaban J connectivity index is 2.25.